The molecule has 9 heteroatoms. The van der Waals surface area contributed by atoms with E-state index in [0.717, 1.165) is 22.1 Å². The largest absolute Gasteiger partial charge is 0.351 e. The van der Waals surface area contributed by atoms with Crippen LogP contribution in [-0.2, 0) is 15.8 Å². The molecule has 0 radical (unpaired) electrons. The average Bonchev–Trinajstić information content (AvgIpc) is 2.79. The number of thioether (sulfide) groups is 1. The molecule has 1 N–H and O–H groups in total. The Morgan fingerprint density at radius 1 is 0.969 bits per heavy atom. The lowest BCUT2D eigenvalue weighted by atomic mass is 10.2. The molecule has 0 aliphatic rings. The van der Waals surface area contributed by atoms with Crippen molar-refractivity contribution in [3.8, 4) is 0 Å². The lowest BCUT2D eigenvalue weighted by Gasteiger charge is -2.19. The number of hydrogen-bond donors (Lipinski definition) is 1. The Balaban J connectivity index is 1.52. The first-order valence-corrected chi connectivity index (χ1v) is 13.1. The standard InChI is InChI=1S/C23H22Cl2N2O3S2/c1-27(32(29,30)21-12-8-19(24)9-13-21)20-10-6-17(7-11-20)23(28)26-14-15-31-16-18-4-2-3-5-22(18)25/h2-13H,14-16H2,1H3,(H,26,28). The van der Waals surface area contributed by atoms with Crippen LogP contribution in [-0.4, -0.2) is 33.7 Å². The first-order valence-electron chi connectivity index (χ1n) is 9.73. The summed E-state index contributed by atoms with van der Waals surface area (Å²) in [5.74, 6) is 1.31. The number of hydrogen-bond acceptors (Lipinski definition) is 4. The Bertz CT molecular complexity index is 1170. The summed E-state index contributed by atoms with van der Waals surface area (Å²) >= 11 is 13.7. The molecule has 0 bridgehead atoms. The number of nitrogens with one attached hydrogen (secondary N) is 1. The second kappa shape index (κ2) is 11.1. The van der Waals surface area contributed by atoms with Crippen LogP contribution in [0, 0.1) is 0 Å². The summed E-state index contributed by atoms with van der Waals surface area (Å²) < 4.78 is 26.7. The molecule has 1 amide bonds. The van der Waals surface area contributed by atoms with Crippen LogP contribution >= 0.6 is 35.0 Å². The highest BCUT2D eigenvalue weighted by atomic mass is 35.5. The number of halogens is 2. The minimum atomic E-state index is -3.73. The topological polar surface area (TPSA) is 66.5 Å². The molecule has 0 unspecified atom stereocenters. The molecule has 0 aromatic heterocycles. The van der Waals surface area contributed by atoms with Gasteiger partial charge in [0.15, 0.2) is 0 Å². The summed E-state index contributed by atoms with van der Waals surface area (Å²) in [7, 11) is -2.26. The maximum Gasteiger partial charge on any atom is 0.264 e. The average molecular weight is 509 g/mol. The number of amides is 1. The second-order valence-corrected chi connectivity index (χ2v) is 10.8. The molecule has 0 aliphatic carbocycles. The summed E-state index contributed by atoms with van der Waals surface area (Å²) in [4.78, 5) is 12.5. The van der Waals surface area contributed by atoms with Gasteiger partial charge in [0.1, 0.15) is 0 Å². The van der Waals surface area contributed by atoms with Gasteiger partial charge in [-0.05, 0) is 60.2 Å². The number of carbonyl (C=O) groups excluding carboxylic acids is 1. The van der Waals surface area contributed by atoms with Crippen molar-refractivity contribution >= 4 is 56.6 Å². The van der Waals surface area contributed by atoms with Gasteiger partial charge in [0.2, 0.25) is 0 Å². The van der Waals surface area contributed by atoms with Crippen LogP contribution in [0.25, 0.3) is 0 Å². The van der Waals surface area contributed by atoms with Crippen LogP contribution in [0.3, 0.4) is 0 Å². The fourth-order valence-electron chi connectivity index (χ4n) is 2.86. The van der Waals surface area contributed by atoms with Gasteiger partial charge in [-0.25, -0.2) is 8.42 Å². The van der Waals surface area contributed by atoms with Gasteiger partial charge in [-0.3, -0.25) is 9.10 Å². The highest BCUT2D eigenvalue weighted by molar-refractivity contribution is 7.98. The third kappa shape index (κ3) is 6.19. The van der Waals surface area contributed by atoms with Gasteiger partial charge in [0.05, 0.1) is 10.6 Å². The van der Waals surface area contributed by atoms with E-state index in [4.69, 9.17) is 23.2 Å². The van der Waals surface area contributed by atoms with Crippen molar-refractivity contribution in [1.29, 1.82) is 0 Å². The zero-order valence-electron chi connectivity index (χ0n) is 17.3. The fourth-order valence-corrected chi connectivity index (χ4v) is 5.33. The van der Waals surface area contributed by atoms with E-state index in [9.17, 15) is 13.2 Å². The molecule has 0 fully saturated rings. The predicted octanol–water partition coefficient (Wildman–Crippen LogP) is 5.48. The van der Waals surface area contributed by atoms with E-state index < -0.39 is 10.0 Å². The van der Waals surface area contributed by atoms with Gasteiger partial charge in [-0.1, -0.05) is 41.4 Å². The zero-order chi connectivity index (χ0) is 23.1. The molecule has 3 aromatic carbocycles. The number of anilines is 1. The number of rotatable bonds is 9. The minimum Gasteiger partial charge on any atom is -0.351 e. The van der Waals surface area contributed by atoms with Crippen molar-refractivity contribution in [2.24, 2.45) is 0 Å². The van der Waals surface area contributed by atoms with Crippen LogP contribution in [0.2, 0.25) is 10.0 Å². The van der Waals surface area contributed by atoms with Gasteiger partial charge in [-0.2, -0.15) is 11.8 Å². The van der Waals surface area contributed by atoms with Crippen molar-refractivity contribution in [3.63, 3.8) is 0 Å². The van der Waals surface area contributed by atoms with Crippen molar-refractivity contribution < 1.29 is 13.2 Å². The molecule has 0 heterocycles. The Hall–Kier alpha value is -2.19. The summed E-state index contributed by atoms with van der Waals surface area (Å²) in [6, 6.07) is 20.1. The predicted molar refractivity (Wildman–Crippen MR) is 133 cm³/mol. The number of nitrogens with zero attached hydrogens (tertiary/aromatic N) is 1. The Morgan fingerprint density at radius 3 is 2.28 bits per heavy atom. The molecule has 0 saturated carbocycles. The molecule has 5 nitrogen and oxygen atoms in total. The second-order valence-electron chi connectivity index (χ2n) is 6.87. The van der Waals surface area contributed by atoms with E-state index in [-0.39, 0.29) is 10.8 Å². The van der Waals surface area contributed by atoms with Crippen molar-refractivity contribution in [3.05, 3.63) is 94.0 Å². The van der Waals surface area contributed by atoms with Crippen molar-refractivity contribution in [2.75, 3.05) is 23.7 Å². The normalized spacial score (nSPS) is 11.2. The van der Waals surface area contributed by atoms with Gasteiger partial charge < -0.3 is 5.32 Å². The van der Waals surface area contributed by atoms with Crippen LogP contribution < -0.4 is 9.62 Å². The smallest absolute Gasteiger partial charge is 0.264 e. The summed E-state index contributed by atoms with van der Waals surface area (Å²) in [5, 5.41) is 4.08. The first-order chi connectivity index (χ1) is 15.3. The van der Waals surface area contributed by atoms with E-state index in [1.165, 1.54) is 35.6 Å². The van der Waals surface area contributed by atoms with Gasteiger partial charge in [-0.15, -0.1) is 0 Å². The van der Waals surface area contributed by atoms with Gasteiger partial charge in [0.25, 0.3) is 15.9 Å². The van der Waals surface area contributed by atoms with Crippen LogP contribution in [0.1, 0.15) is 15.9 Å². The molecular weight excluding hydrogens is 487 g/mol. The third-order valence-electron chi connectivity index (χ3n) is 4.71. The van der Waals surface area contributed by atoms with E-state index >= 15 is 0 Å². The highest BCUT2D eigenvalue weighted by Gasteiger charge is 2.21. The van der Waals surface area contributed by atoms with E-state index in [0.29, 0.717) is 22.8 Å². The first kappa shape index (κ1) is 24.5. The molecule has 0 spiro atoms. The summed E-state index contributed by atoms with van der Waals surface area (Å²) in [6.45, 7) is 0.514. The van der Waals surface area contributed by atoms with Crippen LogP contribution in [0.4, 0.5) is 5.69 Å². The Labute approximate surface area is 202 Å². The number of sulfonamides is 1. The number of carbonyl (C=O) groups is 1. The van der Waals surface area contributed by atoms with Gasteiger partial charge in [0, 0.05) is 40.7 Å². The molecule has 3 aromatic rings. The molecule has 0 aliphatic heterocycles. The Morgan fingerprint density at radius 2 is 1.62 bits per heavy atom. The molecule has 0 atom stereocenters. The van der Waals surface area contributed by atoms with Gasteiger partial charge >= 0.3 is 0 Å². The maximum absolute atomic E-state index is 12.8. The summed E-state index contributed by atoms with van der Waals surface area (Å²) in [6.07, 6.45) is 0. The lowest BCUT2D eigenvalue weighted by molar-refractivity contribution is 0.0956. The van der Waals surface area contributed by atoms with E-state index in [1.807, 2.05) is 24.3 Å². The molecule has 32 heavy (non-hydrogen) atoms. The van der Waals surface area contributed by atoms with Crippen LogP contribution in [0.5, 0.6) is 0 Å². The SMILES string of the molecule is CN(c1ccc(C(=O)NCCSCc2ccccc2Cl)cc1)S(=O)(=O)c1ccc(Cl)cc1. The molecule has 168 valence electrons. The zero-order valence-corrected chi connectivity index (χ0v) is 20.4. The fraction of sp³-hybridized carbons (Fsp3) is 0.174. The maximum atomic E-state index is 12.8. The number of benzene rings is 3. The quantitative estimate of drug-likeness (QED) is 0.388. The molecule has 0 saturated heterocycles. The van der Waals surface area contributed by atoms with Crippen LogP contribution in [0.15, 0.2) is 77.7 Å². The van der Waals surface area contributed by atoms with E-state index in [2.05, 4.69) is 5.32 Å². The lowest BCUT2D eigenvalue weighted by Crippen LogP contribution is -2.27. The minimum absolute atomic E-state index is 0.139. The molecule has 3 rings (SSSR count). The highest BCUT2D eigenvalue weighted by Crippen LogP contribution is 2.24. The van der Waals surface area contributed by atoms with Crippen molar-refractivity contribution in [2.45, 2.75) is 10.6 Å². The molecular formula is C23H22Cl2N2O3S2. The monoisotopic (exact) mass is 508 g/mol. The van der Waals surface area contributed by atoms with E-state index in [1.54, 1.807) is 36.0 Å². The third-order valence-corrected chi connectivity index (χ3v) is 8.14. The Kier molecular flexibility index (Phi) is 8.48. The summed E-state index contributed by atoms with van der Waals surface area (Å²) in [5.41, 5.74) is 1.98. The van der Waals surface area contributed by atoms with Crippen molar-refractivity contribution in [1.82, 2.24) is 5.32 Å².